The van der Waals surface area contributed by atoms with E-state index in [2.05, 4.69) is 25.3 Å². The van der Waals surface area contributed by atoms with E-state index in [0.29, 0.717) is 28.7 Å². The third-order valence-electron chi connectivity index (χ3n) is 3.91. The maximum Gasteiger partial charge on any atom is 0.229 e. The molecule has 0 fully saturated rings. The van der Waals surface area contributed by atoms with Crippen LogP contribution in [-0.2, 0) is 7.05 Å². The predicted octanol–water partition coefficient (Wildman–Crippen LogP) is 3.32. The summed E-state index contributed by atoms with van der Waals surface area (Å²) in [6, 6.07) is 9.67. The number of anilines is 2. The quantitative estimate of drug-likeness (QED) is 0.608. The Labute approximate surface area is 148 Å². The van der Waals surface area contributed by atoms with Gasteiger partial charge in [0.25, 0.3) is 0 Å². The first-order valence-electron chi connectivity index (χ1n) is 7.86. The molecule has 0 aliphatic rings. The number of halogens is 1. The van der Waals surface area contributed by atoms with Crippen molar-refractivity contribution in [2.45, 2.75) is 0 Å². The van der Waals surface area contributed by atoms with Gasteiger partial charge < -0.3 is 14.6 Å². The predicted molar refractivity (Wildman–Crippen MR) is 95.8 cm³/mol. The van der Waals surface area contributed by atoms with Crippen molar-refractivity contribution in [3.63, 3.8) is 0 Å². The second kappa shape index (κ2) is 6.40. The van der Waals surface area contributed by atoms with Gasteiger partial charge in [-0.05, 0) is 30.3 Å². The number of imidazole rings is 1. The Morgan fingerprint density at radius 2 is 1.88 bits per heavy atom. The molecule has 7 nitrogen and oxygen atoms in total. The summed E-state index contributed by atoms with van der Waals surface area (Å²) < 4.78 is 20.1. The highest BCUT2D eigenvalue weighted by Gasteiger charge is 2.13. The standard InChI is InChI=1S/C18H15FN6O/c1-25-16(11-7-8-20-15(9-11)26-2)23-14-10-21-18(24-17(14)25)22-13-5-3-12(19)4-6-13/h3-10H,1-2H3,(H,21,22,24). The van der Waals surface area contributed by atoms with E-state index >= 15 is 0 Å². The maximum absolute atomic E-state index is 13.0. The molecule has 0 unspecified atom stereocenters. The van der Waals surface area contributed by atoms with Crippen LogP contribution in [0.2, 0.25) is 0 Å². The van der Waals surface area contributed by atoms with E-state index in [9.17, 15) is 4.39 Å². The molecule has 1 aromatic carbocycles. The van der Waals surface area contributed by atoms with Crippen LogP contribution in [0.3, 0.4) is 0 Å². The lowest BCUT2D eigenvalue weighted by molar-refractivity contribution is 0.398. The Morgan fingerprint density at radius 3 is 2.65 bits per heavy atom. The van der Waals surface area contributed by atoms with Crippen LogP contribution in [0.1, 0.15) is 0 Å². The van der Waals surface area contributed by atoms with Gasteiger partial charge in [-0.3, -0.25) is 0 Å². The number of methoxy groups -OCH3 is 1. The van der Waals surface area contributed by atoms with E-state index in [-0.39, 0.29) is 5.82 Å². The zero-order chi connectivity index (χ0) is 18.1. The summed E-state index contributed by atoms with van der Waals surface area (Å²) in [6.07, 6.45) is 3.32. The fourth-order valence-corrected chi connectivity index (χ4v) is 2.62. The lowest BCUT2D eigenvalue weighted by Crippen LogP contribution is -1.99. The summed E-state index contributed by atoms with van der Waals surface area (Å²) in [5, 5.41) is 3.06. The van der Waals surface area contributed by atoms with Gasteiger partial charge in [0.2, 0.25) is 11.8 Å². The van der Waals surface area contributed by atoms with E-state index in [0.717, 1.165) is 11.4 Å². The van der Waals surface area contributed by atoms with Crippen LogP contribution < -0.4 is 10.1 Å². The lowest BCUT2D eigenvalue weighted by Gasteiger charge is -2.05. The molecule has 1 N–H and O–H groups in total. The number of nitrogens with one attached hydrogen (secondary N) is 1. The number of fused-ring (bicyclic) bond motifs is 1. The molecule has 4 aromatic rings. The number of rotatable bonds is 4. The number of benzene rings is 1. The first-order chi connectivity index (χ1) is 12.6. The average Bonchev–Trinajstić information content (AvgIpc) is 3.00. The highest BCUT2D eigenvalue weighted by molar-refractivity contribution is 5.77. The Kier molecular flexibility index (Phi) is 3.92. The first kappa shape index (κ1) is 15.9. The smallest absolute Gasteiger partial charge is 0.229 e. The van der Waals surface area contributed by atoms with Crippen molar-refractivity contribution in [1.82, 2.24) is 24.5 Å². The van der Waals surface area contributed by atoms with Gasteiger partial charge in [0.15, 0.2) is 5.65 Å². The minimum atomic E-state index is -0.295. The first-order valence-corrected chi connectivity index (χ1v) is 7.86. The molecule has 0 spiro atoms. The van der Waals surface area contributed by atoms with Crippen LogP contribution in [0, 0.1) is 5.82 Å². The fourth-order valence-electron chi connectivity index (χ4n) is 2.62. The lowest BCUT2D eigenvalue weighted by atomic mass is 10.2. The molecule has 0 bridgehead atoms. The van der Waals surface area contributed by atoms with Crippen LogP contribution >= 0.6 is 0 Å². The number of hydrogen-bond acceptors (Lipinski definition) is 6. The minimum absolute atomic E-state index is 0.295. The molecular weight excluding hydrogens is 335 g/mol. The van der Waals surface area contributed by atoms with E-state index in [4.69, 9.17) is 4.74 Å². The largest absolute Gasteiger partial charge is 0.481 e. The summed E-state index contributed by atoms with van der Waals surface area (Å²) in [6.45, 7) is 0. The van der Waals surface area contributed by atoms with Crippen molar-refractivity contribution in [3.05, 3.63) is 54.6 Å². The molecule has 0 aliphatic heterocycles. The summed E-state index contributed by atoms with van der Waals surface area (Å²) in [7, 11) is 3.45. The molecule has 3 aromatic heterocycles. The summed E-state index contributed by atoms with van der Waals surface area (Å²) in [4.78, 5) is 17.5. The summed E-state index contributed by atoms with van der Waals surface area (Å²) in [5.41, 5.74) is 2.91. The molecule has 0 saturated carbocycles. The van der Waals surface area contributed by atoms with Crippen LogP contribution in [0.5, 0.6) is 5.88 Å². The molecule has 130 valence electrons. The maximum atomic E-state index is 13.0. The number of pyridine rings is 1. The number of hydrogen-bond donors (Lipinski definition) is 1. The third kappa shape index (κ3) is 2.92. The van der Waals surface area contributed by atoms with Gasteiger partial charge >= 0.3 is 0 Å². The van der Waals surface area contributed by atoms with Crippen LogP contribution in [0.15, 0.2) is 48.8 Å². The Hall–Kier alpha value is -3.55. The number of aromatic nitrogens is 5. The fraction of sp³-hybridized carbons (Fsp3) is 0.111. The van der Waals surface area contributed by atoms with Crippen molar-refractivity contribution < 1.29 is 9.13 Å². The Balaban J connectivity index is 1.72. The third-order valence-corrected chi connectivity index (χ3v) is 3.91. The van der Waals surface area contributed by atoms with E-state index in [1.165, 1.54) is 12.1 Å². The van der Waals surface area contributed by atoms with Gasteiger partial charge in [-0.15, -0.1) is 0 Å². The Bertz CT molecular complexity index is 1080. The van der Waals surface area contributed by atoms with Crippen molar-refractivity contribution in [3.8, 4) is 17.3 Å². The highest BCUT2D eigenvalue weighted by Crippen LogP contribution is 2.25. The topological polar surface area (TPSA) is 77.8 Å². The molecule has 26 heavy (non-hydrogen) atoms. The summed E-state index contributed by atoms with van der Waals surface area (Å²) >= 11 is 0. The number of aryl methyl sites for hydroxylation is 1. The molecule has 0 amide bonds. The van der Waals surface area contributed by atoms with Gasteiger partial charge in [0.05, 0.1) is 13.3 Å². The minimum Gasteiger partial charge on any atom is -0.481 e. The van der Waals surface area contributed by atoms with Crippen molar-refractivity contribution >= 4 is 22.8 Å². The molecule has 0 radical (unpaired) electrons. The van der Waals surface area contributed by atoms with Crippen molar-refractivity contribution in [2.24, 2.45) is 7.05 Å². The van der Waals surface area contributed by atoms with Gasteiger partial charge in [-0.2, -0.15) is 4.98 Å². The Morgan fingerprint density at radius 1 is 1.08 bits per heavy atom. The van der Waals surface area contributed by atoms with E-state index < -0.39 is 0 Å². The normalized spacial score (nSPS) is 10.9. The van der Waals surface area contributed by atoms with Crippen LogP contribution in [-0.4, -0.2) is 31.6 Å². The molecule has 0 saturated heterocycles. The molecule has 4 rings (SSSR count). The van der Waals surface area contributed by atoms with Gasteiger partial charge in [0.1, 0.15) is 17.2 Å². The average molecular weight is 350 g/mol. The SMILES string of the molecule is COc1cc(-c2nc3cnc(Nc4ccc(F)cc4)nc3n2C)ccn1. The second-order valence-corrected chi connectivity index (χ2v) is 5.62. The number of nitrogens with zero attached hydrogens (tertiary/aromatic N) is 5. The second-order valence-electron chi connectivity index (χ2n) is 5.62. The van der Waals surface area contributed by atoms with Gasteiger partial charge in [-0.25, -0.2) is 19.3 Å². The monoisotopic (exact) mass is 350 g/mol. The van der Waals surface area contributed by atoms with Crippen LogP contribution in [0.25, 0.3) is 22.6 Å². The van der Waals surface area contributed by atoms with Gasteiger partial charge in [-0.1, -0.05) is 0 Å². The molecular formula is C18H15FN6O. The highest BCUT2D eigenvalue weighted by atomic mass is 19.1. The zero-order valence-corrected chi connectivity index (χ0v) is 14.1. The zero-order valence-electron chi connectivity index (χ0n) is 14.1. The van der Waals surface area contributed by atoms with Crippen LogP contribution in [0.4, 0.5) is 16.0 Å². The van der Waals surface area contributed by atoms with Crippen molar-refractivity contribution in [2.75, 3.05) is 12.4 Å². The number of ether oxygens (including phenoxy) is 1. The molecule has 0 atom stereocenters. The van der Waals surface area contributed by atoms with E-state index in [1.54, 1.807) is 31.6 Å². The molecule has 8 heteroatoms. The summed E-state index contributed by atoms with van der Waals surface area (Å²) in [5.74, 6) is 1.36. The van der Waals surface area contributed by atoms with Crippen molar-refractivity contribution in [1.29, 1.82) is 0 Å². The molecule has 3 heterocycles. The molecule has 0 aliphatic carbocycles. The van der Waals surface area contributed by atoms with Gasteiger partial charge in [0, 0.05) is 30.6 Å². The van der Waals surface area contributed by atoms with E-state index in [1.807, 2.05) is 23.7 Å².